The number of nitrogens with zero attached hydrogens (tertiary/aromatic N) is 3. The number of alkyl halides is 3. The molecule has 1 amide bonds. The third-order valence-corrected chi connectivity index (χ3v) is 6.03. The molecule has 0 spiro atoms. The number of carbonyl (C=O) groups is 2. The number of benzene rings is 1. The number of amides is 1. The normalized spacial score (nSPS) is 17.3. The maximum atomic E-state index is 13.5. The molecule has 4 rings (SSSR count). The van der Waals surface area contributed by atoms with Crippen molar-refractivity contribution in [1.29, 1.82) is 0 Å². The van der Waals surface area contributed by atoms with Gasteiger partial charge in [-0.25, -0.2) is 9.97 Å². The zero-order chi connectivity index (χ0) is 26.5. The Kier molecular flexibility index (Phi) is 7.67. The van der Waals surface area contributed by atoms with E-state index in [9.17, 15) is 22.8 Å². The number of halogens is 3. The van der Waals surface area contributed by atoms with Crippen molar-refractivity contribution < 1.29 is 32.2 Å². The highest BCUT2D eigenvalue weighted by molar-refractivity contribution is 5.99. The minimum absolute atomic E-state index is 0.0497. The van der Waals surface area contributed by atoms with Crippen LogP contribution in [0.4, 0.5) is 24.5 Å². The number of methoxy groups -OCH3 is 1. The number of ketones is 1. The Labute approximate surface area is 210 Å². The van der Waals surface area contributed by atoms with E-state index in [4.69, 9.17) is 9.47 Å². The van der Waals surface area contributed by atoms with Crippen LogP contribution in [-0.2, 0) is 22.3 Å². The molecule has 194 valence electrons. The Morgan fingerprint density at radius 3 is 2.54 bits per heavy atom. The van der Waals surface area contributed by atoms with Crippen LogP contribution in [0.5, 0.6) is 5.75 Å². The maximum Gasteiger partial charge on any atom is 0.418 e. The summed E-state index contributed by atoms with van der Waals surface area (Å²) in [5, 5.41) is 5.52. The van der Waals surface area contributed by atoms with E-state index in [1.54, 1.807) is 12.1 Å². The van der Waals surface area contributed by atoms with Gasteiger partial charge in [-0.1, -0.05) is 0 Å². The van der Waals surface area contributed by atoms with Crippen molar-refractivity contribution in [3.05, 3.63) is 72.1 Å². The van der Waals surface area contributed by atoms with Crippen LogP contribution < -0.4 is 15.4 Å². The van der Waals surface area contributed by atoms with Gasteiger partial charge in [-0.05, 0) is 36.8 Å². The van der Waals surface area contributed by atoms with Crippen LogP contribution in [0, 0.1) is 5.41 Å². The molecule has 3 aromatic rings. The zero-order valence-electron chi connectivity index (χ0n) is 19.8. The van der Waals surface area contributed by atoms with Crippen molar-refractivity contribution in [2.75, 3.05) is 25.6 Å². The Balaban J connectivity index is 1.40. The molecule has 0 unspecified atom stereocenters. The first-order valence-electron chi connectivity index (χ1n) is 11.3. The summed E-state index contributed by atoms with van der Waals surface area (Å²) in [6.07, 6.45) is 1.25. The summed E-state index contributed by atoms with van der Waals surface area (Å²) in [4.78, 5) is 37.7. The van der Waals surface area contributed by atoms with Crippen molar-refractivity contribution >= 4 is 23.1 Å². The van der Waals surface area contributed by atoms with Gasteiger partial charge in [0.15, 0.2) is 5.78 Å². The van der Waals surface area contributed by atoms with Crippen LogP contribution >= 0.6 is 0 Å². The number of carbonyl (C=O) groups excluding carboxylic acids is 2. The summed E-state index contributed by atoms with van der Waals surface area (Å²) in [7, 11) is 1.29. The average Bonchev–Trinajstić information content (AvgIpc) is 3.38. The Hall–Kier alpha value is -4.06. The lowest BCUT2D eigenvalue weighted by atomic mass is 9.80. The molecule has 0 bridgehead atoms. The largest absolute Gasteiger partial charge is 0.497 e. The molecule has 1 saturated heterocycles. The van der Waals surface area contributed by atoms with Gasteiger partial charge in [0.1, 0.15) is 12.1 Å². The third kappa shape index (κ3) is 6.20. The van der Waals surface area contributed by atoms with Gasteiger partial charge in [-0.2, -0.15) is 13.2 Å². The number of anilines is 2. The van der Waals surface area contributed by atoms with Crippen LogP contribution in [0.2, 0.25) is 0 Å². The fraction of sp³-hybridized carbons (Fsp3) is 0.320. The van der Waals surface area contributed by atoms with E-state index in [1.807, 2.05) is 0 Å². The van der Waals surface area contributed by atoms with Gasteiger partial charge in [-0.3, -0.25) is 14.6 Å². The number of pyridine rings is 1. The van der Waals surface area contributed by atoms with Crippen molar-refractivity contribution in [3.8, 4) is 5.75 Å². The molecule has 0 aliphatic carbocycles. The molecular weight excluding hydrogens is 491 g/mol. The fourth-order valence-corrected chi connectivity index (χ4v) is 3.97. The molecule has 1 fully saturated rings. The molecule has 12 heteroatoms. The molecule has 1 atom stereocenters. The van der Waals surface area contributed by atoms with E-state index in [-0.39, 0.29) is 42.7 Å². The molecule has 9 nitrogen and oxygen atoms in total. The zero-order valence-corrected chi connectivity index (χ0v) is 19.8. The highest BCUT2D eigenvalue weighted by Gasteiger charge is 2.44. The lowest BCUT2D eigenvalue weighted by molar-refractivity contribution is -0.137. The van der Waals surface area contributed by atoms with Crippen LogP contribution in [-0.4, -0.2) is 47.0 Å². The molecule has 2 N–H and O–H groups in total. The topological polar surface area (TPSA) is 115 Å². The molecule has 1 aliphatic rings. The Morgan fingerprint density at radius 1 is 1.14 bits per heavy atom. The van der Waals surface area contributed by atoms with Crippen LogP contribution in [0.1, 0.15) is 34.5 Å². The lowest BCUT2D eigenvalue weighted by Gasteiger charge is -2.25. The number of aromatic nitrogens is 3. The number of hydrogen-bond donors (Lipinski definition) is 2. The number of nitrogens with one attached hydrogen (secondary N) is 2. The molecule has 1 aromatic carbocycles. The maximum absolute atomic E-state index is 13.5. The van der Waals surface area contributed by atoms with Gasteiger partial charge in [0.05, 0.1) is 60.1 Å². The second-order valence-corrected chi connectivity index (χ2v) is 8.57. The van der Waals surface area contributed by atoms with Crippen molar-refractivity contribution in [2.45, 2.75) is 25.6 Å². The highest BCUT2D eigenvalue weighted by Crippen LogP contribution is 2.38. The summed E-state index contributed by atoms with van der Waals surface area (Å²) in [5.74, 6) is -0.509. The van der Waals surface area contributed by atoms with E-state index < -0.39 is 17.2 Å². The first kappa shape index (κ1) is 26.0. The molecule has 1 aliphatic heterocycles. The smallest absolute Gasteiger partial charge is 0.418 e. The van der Waals surface area contributed by atoms with Crippen molar-refractivity contribution in [1.82, 2.24) is 20.3 Å². The minimum Gasteiger partial charge on any atom is -0.497 e. The second kappa shape index (κ2) is 10.9. The first-order valence-corrected chi connectivity index (χ1v) is 11.3. The summed E-state index contributed by atoms with van der Waals surface area (Å²) in [6.45, 7) is 0.535. The number of rotatable bonds is 9. The van der Waals surface area contributed by atoms with Gasteiger partial charge >= 0.3 is 6.18 Å². The van der Waals surface area contributed by atoms with Gasteiger partial charge in [0.2, 0.25) is 5.91 Å². The predicted octanol–water partition coefficient (Wildman–Crippen LogP) is 3.94. The second-order valence-electron chi connectivity index (χ2n) is 8.57. The lowest BCUT2D eigenvalue weighted by Crippen LogP contribution is -2.42. The highest BCUT2D eigenvalue weighted by atomic mass is 19.4. The minimum atomic E-state index is -4.58. The van der Waals surface area contributed by atoms with Crippen LogP contribution in [0.3, 0.4) is 0 Å². The Morgan fingerprint density at radius 2 is 1.92 bits per heavy atom. The summed E-state index contributed by atoms with van der Waals surface area (Å²) >= 11 is 0. The first-order chi connectivity index (χ1) is 17.7. The van der Waals surface area contributed by atoms with Crippen LogP contribution in [0.15, 0.2) is 55.2 Å². The van der Waals surface area contributed by atoms with Crippen LogP contribution in [0.25, 0.3) is 0 Å². The SMILES string of the molecule is COc1ccc(Nc2ccc(CNC(=O)[C@]3(CC(=O)c4cncnc4)CCOC3)nc2)c(C(F)(F)F)c1. The summed E-state index contributed by atoms with van der Waals surface area (Å²) in [5.41, 5.74) is -0.895. The van der Waals surface area contributed by atoms with E-state index in [2.05, 4.69) is 25.6 Å². The number of Topliss-reactive ketones (excluding diaryl/α,β-unsaturated/α-hetero) is 1. The van der Waals surface area contributed by atoms with Gasteiger partial charge in [0, 0.05) is 25.4 Å². The van der Waals surface area contributed by atoms with Gasteiger partial charge in [-0.15, -0.1) is 0 Å². The molecule has 0 radical (unpaired) electrons. The standard InChI is InChI=1S/C25H24F3N5O4/c1-36-19-4-5-21(20(8-19)25(26,27)28)33-18-3-2-17(31-13-18)12-32-23(35)24(6-7-37-14-24)9-22(34)16-10-29-15-30-11-16/h2-5,8,10-11,13,15,33H,6-7,9,12,14H2,1H3,(H,32,35)/t24-/m0/s1. The fourth-order valence-electron chi connectivity index (χ4n) is 3.97. The number of hydrogen-bond acceptors (Lipinski definition) is 8. The number of ether oxygens (including phenoxy) is 2. The van der Waals surface area contributed by atoms with Gasteiger partial charge < -0.3 is 20.1 Å². The summed E-state index contributed by atoms with van der Waals surface area (Å²) in [6, 6.07) is 6.77. The van der Waals surface area contributed by atoms with E-state index in [0.717, 1.165) is 6.07 Å². The van der Waals surface area contributed by atoms with Crippen molar-refractivity contribution in [2.24, 2.45) is 5.41 Å². The molecule has 2 aromatic heterocycles. The quantitative estimate of drug-likeness (QED) is 0.412. The predicted molar refractivity (Wildman–Crippen MR) is 126 cm³/mol. The molecular formula is C25H24F3N5O4. The van der Waals surface area contributed by atoms with E-state index in [0.29, 0.717) is 30.0 Å². The molecule has 3 heterocycles. The molecule has 37 heavy (non-hydrogen) atoms. The monoisotopic (exact) mass is 515 g/mol. The van der Waals surface area contributed by atoms with Crippen molar-refractivity contribution in [3.63, 3.8) is 0 Å². The molecule has 0 saturated carbocycles. The van der Waals surface area contributed by atoms with Gasteiger partial charge in [0.25, 0.3) is 0 Å². The Bertz CT molecular complexity index is 1250. The summed E-state index contributed by atoms with van der Waals surface area (Å²) < 4.78 is 50.7. The third-order valence-electron chi connectivity index (χ3n) is 6.03. The van der Waals surface area contributed by atoms with E-state index >= 15 is 0 Å². The van der Waals surface area contributed by atoms with E-state index in [1.165, 1.54) is 44.2 Å². The average molecular weight is 515 g/mol.